The third-order valence-corrected chi connectivity index (χ3v) is 10.8. The second-order valence-corrected chi connectivity index (χ2v) is 14.9. The molecule has 0 N–H and O–H groups in total. The van der Waals surface area contributed by atoms with E-state index in [1.807, 2.05) is 0 Å². The van der Waals surface area contributed by atoms with Crippen molar-refractivity contribution in [2.24, 2.45) is 0 Å². The molecule has 0 amide bonds. The summed E-state index contributed by atoms with van der Waals surface area (Å²) in [4.78, 5) is 0. The van der Waals surface area contributed by atoms with Gasteiger partial charge >= 0.3 is 0 Å². The Kier molecular flexibility index (Phi) is 16.3. The maximum absolute atomic E-state index is 6.75. The summed E-state index contributed by atoms with van der Waals surface area (Å²) >= 11 is 4.27. The lowest BCUT2D eigenvalue weighted by Gasteiger charge is -2.39. The van der Waals surface area contributed by atoms with Crippen LogP contribution in [-0.4, -0.2) is 20.2 Å². The maximum atomic E-state index is 6.75. The molecule has 1 nitrogen and oxygen atoms in total. The summed E-state index contributed by atoms with van der Waals surface area (Å²) in [5.74, 6) is 1.04. The van der Waals surface area contributed by atoms with Crippen LogP contribution in [0.25, 0.3) is 0 Å². The molecule has 0 radical (unpaired) electrons. The first kappa shape index (κ1) is 27.3. The summed E-state index contributed by atoms with van der Waals surface area (Å²) in [6.45, 7) is 14.1. The SMILES string of the molecule is CCCCCCC(C/C=C\CCCCCCCCS)O[Si](C)(C)C(C)(C)C. The standard InChI is InChI=1S/C24H50OSSi/c1-7-8-9-17-20-23(25-27(5,6)24(2,3)4)21-18-15-13-11-10-12-14-16-19-22-26/h15,18,23,26H,7-14,16-17,19-22H2,1-6H3/b18-15-. The first-order valence-corrected chi connectivity index (χ1v) is 15.2. The maximum Gasteiger partial charge on any atom is 0.192 e. The van der Waals surface area contributed by atoms with Crippen LogP contribution in [0, 0.1) is 0 Å². The van der Waals surface area contributed by atoms with Crippen molar-refractivity contribution in [1.29, 1.82) is 0 Å². The van der Waals surface area contributed by atoms with E-state index >= 15 is 0 Å². The Morgan fingerprint density at radius 2 is 1.44 bits per heavy atom. The van der Waals surface area contributed by atoms with Crippen LogP contribution in [-0.2, 0) is 4.43 Å². The highest BCUT2D eigenvalue weighted by atomic mass is 32.1. The van der Waals surface area contributed by atoms with Crippen molar-refractivity contribution < 1.29 is 4.43 Å². The Hall–Kier alpha value is 0.267. The highest BCUT2D eigenvalue weighted by Gasteiger charge is 2.38. The summed E-state index contributed by atoms with van der Waals surface area (Å²) in [5, 5.41) is 0.297. The average molecular weight is 415 g/mol. The number of hydrogen-bond donors (Lipinski definition) is 1. The molecular formula is C24H50OSSi. The van der Waals surface area contributed by atoms with Gasteiger partial charge in [0.2, 0.25) is 0 Å². The molecule has 1 atom stereocenters. The molecule has 1 unspecified atom stereocenters. The number of unbranched alkanes of at least 4 members (excludes halogenated alkanes) is 9. The predicted octanol–water partition coefficient (Wildman–Crippen LogP) is 8.95. The van der Waals surface area contributed by atoms with Gasteiger partial charge in [0.15, 0.2) is 8.32 Å². The van der Waals surface area contributed by atoms with Crippen LogP contribution in [0.4, 0.5) is 0 Å². The van der Waals surface area contributed by atoms with Crippen LogP contribution in [0.2, 0.25) is 18.1 Å². The van der Waals surface area contributed by atoms with Crippen LogP contribution >= 0.6 is 12.6 Å². The topological polar surface area (TPSA) is 9.23 Å². The molecule has 0 aliphatic rings. The number of thiol groups is 1. The second kappa shape index (κ2) is 16.1. The average Bonchev–Trinajstić information content (AvgIpc) is 2.58. The molecule has 0 rings (SSSR count). The van der Waals surface area contributed by atoms with Crippen LogP contribution < -0.4 is 0 Å². The molecular weight excluding hydrogens is 364 g/mol. The predicted molar refractivity (Wildman–Crippen MR) is 131 cm³/mol. The van der Waals surface area contributed by atoms with Crippen LogP contribution in [0.15, 0.2) is 12.2 Å². The van der Waals surface area contributed by atoms with E-state index in [-0.39, 0.29) is 0 Å². The molecule has 162 valence electrons. The summed E-state index contributed by atoms with van der Waals surface area (Å²) in [5.41, 5.74) is 0. The minimum absolute atomic E-state index is 0.297. The molecule has 27 heavy (non-hydrogen) atoms. The summed E-state index contributed by atoms with van der Waals surface area (Å²) < 4.78 is 6.75. The Bertz CT molecular complexity index is 360. The Morgan fingerprint density at radius 1 is 0.852 bits per heavy atom. The van der Waals surface area contributed by atoms with Crippen molar-refractivity contribution in [3.63, 3.8) is 0 Å². The highest BCUT2D eigenvalue weighted by Crippen LogP contribution is 2.38. The molecule has 0 heterocycles. The molecule has 0 saturated heterocycles. The number of rotatable bonds is 17. The van der Waals surface area contributed by atoms with Crippen LogP contribution in [0.3, 0.4) is 0 Å². The molecule has 0 aromatic rings. The van der Waals surface area contributed by atoms with Crippen molar-refractivity contribution in [2.75, 3.05) is 5.75 Å². The van der Waals surface area contributed by atoms with Gasteiger partial charge in [0.05, 0.1) is 0 Å². The first-order chi connectivity index (χ1) is 12.7. The normalized spacial score (nSPS) is 14.2. The Balaban J connectivity index is 4.22. The molecule has 0 aromatic carbocycles. The molecule has 0 saturated carbocycles. The van der Waals surface area contributed by atoms with E-state index in [4.69, 9.17) is 4.43 Å². The molecule has 0 spiro atoms. The van der Waals surface area contributed by atoms with Gasteiger partial charge in [-0.15, -0.1) is 0 Å². The zero-order valence-corrected chi connectivity index (χ0v) is 21.4. The quantitative estimate of drug-likeness (QED) is 0.108. The summed E-state index contributed by atoms with van der Waals surface area (Å²) in [6, 6.07) is 0. The van der Waals surface area contributed by atoms with Gasteiger partial charge in [-0.05, 0) is 56.0 Å². The van der Waals surface area contributed by atoms with Crippen molar-refractivity contribution in [1.82, 2.24) is 0 Å². The van der Waals surface area contributed by atoms with E-state index in [2.05, 4.69) is 65.6 Å². The van der Waals surface area contributed by atoms with E-state index in [0.717, 1.165) is 12.2 Å². The van der Waals surface area contributed by atoms with Gasteiger partial charge in [0, 0.05) is 6.10 Å². The van der Waals surface area contributed by atoms with Crippen molar-refractivity contribution >= 4 is 20.9 Å². The smallest absolute Gasteiger partial charge is 0.192 e. The molecule has 3 heteroatoms. The van der Waals surface area contributed by atoms with Gasteiger partial charge in [0.25, 0.3) is 0 Å². The summed E-state index contributed by atoms with van der Waals surface area (Å²) in [6.07, 6.45) is 22.2. The van der Waals surface area contributed by atoms with Gasteiger partial charge < -0.3 is 4.43 Å². The molecule has 0 aliphatic heterocycles. The highest BCUT2D eigenvalue weighted by molar-refractivity contribution is 7.80. The van der Waals surface area contributed by atoms with E-state index in [9.17, 15) is 0 Å². The van der Waals surface area contributed by atoms with E-state index in [1.54, 1.807) is 0 Å². The van der Waals surface area contributed by atoms with Gasteiger partial charge in [-0.25, -0.2) is 0 Å². The zero-order chi connectivity index (χ0) is 20.6. The van der Waals surface area contributed by atoms with Crippen molar-refractivity contribution in [3.05, 3.63) is 12.2 Å². The van der Waals surface area contributed by atoms with Gasteiger partial charge in [0.1, 0.15) is 0 Å². The van der Waals surface area contributed by atoms with Gasteiger partial charge in [-0.2, -0.15) is 12.6 Å². The minimum Gasteiger partial charge on any atom is -0.414 e. The monoisotopic (exact) mass is 414 g/mol. The Labute approximate surface area is 178 Å². The fourth-order valence-corrected chi connectivity index (χ4v) is 4.69. The zero-order valence-electron chi connectivity index (χ0n) is 19.5. The van der Waals surface area contributed by atoms with E-state index < -0.39 is 8.32 Å². The molecule has 0 aliphatic carbocycles. The van der Waals surface area contributed by atoms with Crippen LogP contribution in [0.5, 0.6) is 0 Å². The number of allylic oxidation sites excluding steroid dienone is 1. The third-order valence-electron chi connectivity index (χ3n) is 5.99. The van der Waals surface area contributed by atoms with E-state index in [0.29, 0.717) is 11.1 Å². The second-order valence-electron chi connectivity index (χ2n) is 9.69. The van der Waals surface area contributed by atoms with Crippen molar-refractivity contribution in [2.45, 2.75) is 135 Å². The third kappa shape index (κ3) is 14.9. The van der Waals surface area contributed by atoms with Gasteiger partial charge in [-0.1, -0.05) is 91.2 Å². The Morgan fingerprint density at radius 3 is 2.04 bits per heavy atom. The largest absolute Gasteiger partial charge is 0.414 e. The molecule has 0 bridgehead atoms. The number of hydrogen-bond acceptors (Lipinski definition) is 2. The van der Waals surface area contributed by atoms with Crippen LogP contribution in [0.1, 0.15) is 111 Å². The van der Waals surface area contributed by atoms with Gasteiger partial charge in [-0.3, -0.25) is 0 Å². The summed E-state index contributed by atoms with van der Waals surface area (Å²) in [7, 11) is -1.67. The molecule has 0 aromatic heterocycles. The minimum atomic E-state index is -1.67. The molecule has 0 fully saturated rings. The fourth-order valence-electron chi connectivity index (χ4n) is 3.06. The lowest BCUT2D eigenvalue weighted by Crippen LogP contribution is -2.43. The van der Waals surface area contributed by atoms with E-state index in [1.165, 1.54) is 77.0 Å². The lowest BCUT2D eigenvalue weighted by atomic mass is 10.1. The fraction of sp³-hybridized carbons (Fsp3) is 0.917. The lowest BCUT2D eigenvalue weighted by molar-refractivity contribution is 0.170. The van der Waals surface area contributed by atoms with Crippen molar-refractivity contribution in [3.8, 4) is 0 Å². The first-order valence-electron chi connectivity index (χ1n) is 11.7.